The third-order valence-corrected chi connectivity index (χ3v) is 4.42. The Morgan fingerprint density at radius 1 is 0.967 bits per heavy atom. The summed E-state index contributed by atoms with van der Waals surface area (Å²) < 4.78 is 44.0. The first-order valence-corrected chi connectivity index (χ1v) is 9.23. The molecule has 30 heavy (non-hydrogen) atoms. The second kappa shape index (κ2) is 9.45. The number of aliphatic hydroxyl groups excluding tert-OH is 1. The number of carbonyl (C=O) groups excluding carboxylic acids is 1. The Balaban J connectivity index is 1.53. The molecule has 0 saturated heterocycles. The van der Waals surface area contributed by atoms with Gasteiger partial charge in [0, 0.05) is 12.1 Å². The fourth-order valence-electron chi connectivity index (χ4n) is 2.77. The monoisotopic (exact) mass is 415 g/mol. The minimum atomic E-state index is -4.50. The number of aliphatic hydroxyl groups is 1. The quantitative estimate of drug-likeness (QED) is 0.586. The maximum absolute atomic E-state index is 12.8. The summed E-state index contributed by atoms with van der Waals surface area (Å²) in [5.41, 5.74) is 0.478. The van der Waals surface area contributed by atoms with Crippen molar-refractivity contribution in [2.75, 3.05) is 6.54 Å². The topological polar surface area (TPSA) is 58.6 Å². The highest BCUT2D eigenvalue weighted by Crippen LogP contribution is 2.30. The van der Waals surface area contributed by atoms with E-state index < -0.39 is 23.8 Å². The number of alkyl halides is 3. The molecule has 0 aliphatic carbocycles. The predicted molar refractivity (Wildman–Crippen MR) is 106 cm³/mol. The number of halogens is 3. The summed E-state index contributed by atoms with van der Waals surface area (Å²) in [7, 11) is 0. The van der Waals surface area contributed by atoms with Crippen molar-refractivity contribution in [3.05, 3.63) is 101 Å². The van der Waals surface area contributed by atoms with E-state index in [2.05, 4.69) is 5.32 Å². The van der Waals surface area contributed by atoms with Gasteiger partial charge in [-0.15, -0.1) is 0 Å². The van der Waals surface area contributed by atoms with E-state index in [0.29, 0.717) is 12.2 Å². The Kier molecular flexibility index (Phi) is 6.74. The molecule has 0 radical (unpaired) electrons. The van der Waals surface area contributed by atoms with E-state index in [9.17, 15) is 23.1 Å². The second-order valence-corrected chi connectivity index (χ2v) is 6.65. The first kappa shape index (κ1) is 21.4. The zero-order valence-corrected chi connectivity index (χ0v) is 15.9. The smallest absolute Gasteiger partial charge is 0.416 e. The largest absolute Gasteiger partial charge is 0.489 e. The van der Waals surface area contributed by atoms with Crippen LogP contribution in [0.2, 0.25) is 0 Å². The Labute approximate surface area is 171 Å². The molecule has 1 atom stereocenters. The van der Waals surface area contributed by atoms with Gasteiger partial charge < -0.3 is 15.2 Å². The van der Waals surface area contributed by atoms with Crippen molar-refractivity contribution in [2.45, 2.75) is 18.9 Å². The molecular weight excluding hydrogens is 395 g/mol. The van der Waals surface area contributed by atoms with Crippen LogP contribution in [0.1, 0.15) is 33.2 Å². The molecule has 3 rings (SSSR count). The average molecular weight is 415 g/mol. The first-order valence-electron chi connectivity index (χ1n) is 9.23. The lowest BCUT2D eigenvalue weighted by molar-refractivity contribution is -0.137. The third-order valence-electron chi connectivity index (χ3n) is 4.42. The molecule has 0 spiro atoms. The maximum atomic E-state index is 12.8. The number of ether oxygens (including phenoxy) is 1. The Morgan fingerprint density at radius 3 is 2.33 bits per heavy atom. The van der Waals surface area contributed by atoms with E-state index in [1.54, 1.807) is 24.3 Å². The van der Waals surface area contributed by atoms with Crippen molar-refractivity contribution < 1.29 is 27.8 Å². The molecule has 0 heterocycles. The van der Waals surface area contributed by atoms with E-state index in [-0.39, 0.29) is 12.1 Å². The van der Waals surface area contributed by atoms with Crippen molar-refractivity contribution >= 4 is 5.91 Å². The molecular formula is C23H20F3NO3. The molecule has 4 nitrogen and oxygen atoms in total. The van der Waals surface area contributed by atoms with Gasteiger partial charge in [0.05, 0.1) is 11.7 Å². The van der Waals surface area contributed by atoms with Gasteiger partial charge in [0.2, 0.25) is 0 Å². The maximum Gasteiger partial charge on any atom is 0.416 e. The summed E-state index contributed by atoms with van der Waals surface area (Å²) >= 11 is 0. The normalized spacial score (nSPS) is 12.3. The fraction of sp³-hybridized carbons (Fsp3) is 0.174. The van der Waals surface area contributed by atoms with Crippen LogP contribution in [0.15, 0.2) is 78.9 Å². The number of nitrogens with one attached hydrogen (secondary N) is 1. The number of benzene rings is 3. The van der Waals surface area contributed by atoms with Crippen LogP contribution in [0.4, 0.5) is 13.2 Å². The van der Waals surface area contributed by atoms with E-state index in [1.165, 1.54) is 12.1 Å². The molecule has 0 aliphatic rings. The van der Waals surface area contributed by atoms with E-state index in [4.69, 9.17) is 4.74 Å². The lowest BCUT2D eigenvalue weighted by atomic mass is 10.1. The van der Waals surface area contributed by atoms with Gasteiger partial charge in [-0.1, -0.05) is 42.5 Å². The number of rotatable bonds is 7. The van der Waals surface area contributed by atoms with Gasteiger partial charge in [-0.25, -0.2) is 0 Å². The molecule has 1 amide bonds. The van der Waals surface area contributed by atoms with Crippen LogP contribution in [0, 0.1) is 0 Å². The highest BCUT2D eigenvalue weighted by atomic mass is 19.4. The summed E-state index contributed by atoms with van der Waals surface area (Å²) in [6.45, 7) is 0.138. The molecule has 0 aromatic heterocycles. The summed E-state index contributed by atoms with van der Waals surface area (Å²) in [6, 6.07) is 20.5. The van der Waals surface area contributed by atoms with Crippen molar-refractivity contribution in [3.63, 3.8) is 0 Å². The van der Waals surface area contributed by atoms with Gasteiger partial charge in [-0.2, -0.15) is 13.2 Å². The molecule has 0 saturated carbocycles. The lowest BCUT2D eigenvalue weighted by Crippen LogP contribution is -2.28. The predicted octanol–water partition coefficient (Wildman–Crippen LogP) is 4.75. The summed E-state index contributed by atoms with van der Waals surface area (Å²) in [6.07, 6.45) is -5.75. The van der Waals surface area contributed by atoms with Crippen LogP contribution in [0.5, 0.6) is 5.75 Å². The summed E-state index contributed by atoms with van der Waals surface area (Å²) in [5, 5.41) is 12.7. The average Bonchev–Trinajstić information content (AvgIpc) is 2.76. The molecule has 0 bridgehead atoms. The number of para-hydroxylation sites is 1. The first-order chi connectivity index (χ1) is 14.3. The highest BCUT2D eigenvalue weighted by molar-refractivity contribution is 5.94. The highest BCUT2D eigenvalue weighted by Gasteiger charge is 2.30. The Hall–Kier alpha value is -3.32. The van der Waals surface area contributed by atoms with Crippen molar-refractivity contribution in [1.29, 1.82) is 0 Å². The molecule has 0 fully saturated rings. The molecule has 1 unspecified atom stereocenters. The van der Waals surface area contributed by atoms with Crippen LogP contribution in [-0.4, -0.2) is 17.6 Å². The number of amides is 1. The van der Waals surface area contributed by atoms with Crippen LogP contribution >= 0.6 is 0 Å². The number of hydrogen-bond acceptors (Lipinski definition) is 3. The van der Waals surface area contributed by atoms with Gasteiger partial charge >= 0.3 is 6.18 Å². The summed E-state index contributed by atoms with van der Waals surface area (Å²) in [5.74, 6) is 0.305. The van der Waals surface area contributed by atoms with Crippen LogP contribution < -0.4 is 10.1 Å². The van der Waals surface area contributed by atoms with Crippen molar-refractivity contribution in [3.8, 4) is 5.75 Å². The molecule has 2 N–H and O–H groups in total. The third kappa shape index (κ3) is 5.84. The Bertz CT molecular complexity index is 973. The SMILES string of the molecule is O=C(NCC(O)c1cccc(C(F)(F)F)c1)c1ccc(COc2ccccc2)cc1. The molecule has 156 valence electrons. The molecule has 3 aromatic rings. The minimum Gasteiger partial charge on any atom is -0.489 e. The lowest BCUT2D eigenvalue weighted by Gasteiger charge is -2.14. The van der Waals surface area contributed by atoms with Crippen molar-refractivity contribution in [1.82, 2.24) is 5.32 Å². The van der Waals surface area contributed by atoms with Gasteiger partial charge in [0.25, 0.3) is 5.91 Å². The minimum absolute atomic E-state index is 0.0820. The molecule has 3 aromatic carbocycles. The van der Waals surface area contributed by atoms with E-state index >= 15 is 0 Å². The number of carbonyl (C=O) groups is 1. The molecule has 7 heteroatoms. The van der Waals surface area contributed by atoms with Crippen LogP contribution in [0.25, 0.3) is 0 Å². The van der Waals surface area contributed by atoms with Gasteiger partial charge in [-0.05, 0) is 47.5 Å². The standard InChI is InChI=1S/C23H20F3NO3/c24-23(25,26)19-6-4-5-18(13-19)21(28)14-27-22(29)17-11-9-16(10-12-17)15-30-20-7-2-1-3-8-20/h1-13,21,28H,14-15H2,(H,27,29). The van der Waals surface area contributed by atoms with E-state index in [0.717, 1.165) is 23.4 Å². The van der Waals surface area contributed by atoms with E-state index in [1.807, 2.05) is 30.3 Å². The van der Waals surface area contributed by atoms with Gasteiger partial charge in [-0.3, -0.25) is 4.79 Å². The van der Waals surface area contributed by atoms with Gasteiger partial charge in [0.1, 0.15) is 12.4 Å². The zero-order valence-electron chi connectivity index (χ0n) is 15.9. The van der Waals surface area contributed by atoms with Gasteiger partial charge in [0.15, 0.2) is 0 Å². The Morgan fingerprint density at radius 2 is 1.67 bits per heavy atom. The van der Waals surface area contributed by atoms with Crippen LogP contribution in [0.3, 0.4) is 0 Å². The number of hydrogen-bond donors (Lipinski definition) is 2. The fourth-order valence-corrected chi connectivity index (χ4v) is 2.77. The van der Waals surface area contributed by atoms with Crippen LogP contribution in [-0.2, 0) is 12.8 Å². The van der Waals surface area contributed by atoms with Crippen molar-refractivity contribution in [2.24, 2.45) is 0 Å². The zero-order chi connectivity index (χ0) is 21.6. The second-order valence-electron chi connectivity index (χ2n) is 6.65. The molecule has 0 aliphatic heterocycles. The summed E-state index contributed by atoms with van der Waals surface area (Å²) in [4.78, 5) is 12.3.